The van der Waals surface area contributed by atoms with E-state index in [0.29, 0.717) is 28.5 Å². The highest BCUT2D eigenvalue weighted by Crippen LogP contribution is 2.60. The van der Waals surface area contributed by atoms with E-state index in [9.17, 15) is 5.26 Å². The molecule has 4 bridgehead atoms. The number of hydrogen-bond acceptors (Lipinski definition) is 4. The van der Waals surface area contributed by atoms with Crippen LogP contribution in [0.3, 0.4) is 0 Å². The monoisotopic (exact) mass is 544 g/mol. The van der Waals surface area contributed by atoms with Crippen LogP contribution in [-0.2, 0) is 5.41 Å². The van der Waals surface area contributed by atoms with Crippen LogP contribution in [-0.4, -0.2) is 15.0 Å². The molecule has 9 rings (SSSR count). The first kappa shape index (κ1) is 25.1. The van der Waals surface area contributed by atoms with Gasteiger partial charge >= 0.3 is 0 Å². The molecule has 0 saturated heterocycles. The molecule has 0 aliphatic heterocycles. The molecule has 4 saturated carbocycles. The molecule has 4 nitrogen and oxygen atoms in total. The van der Waals surface area contributed by atoms with Gasteiger partial charge in [-0.15, -0.1) is 0 Å². The van der Waals surface area contributed by atoms with E-state index >= 15 is 0 Å². The smallest absolute Gasteiger partial charge is 0.164 e. The SMILES string of the molecule is N#Cc1ccc(-c2cccc(-c3nc(-c4ccccc4)nc(-c4ccc(C56C[C@H]7C[C@H](C5)C[C@@H](C6)C7)cc4)n3)c2)cc1. The van der Waals surface area contributed by atoms with E-state index in [1.165, 1.54) is 44.1 Å². The maximum atomic E-state index is 9.19. The molecule has 0 unspecified atom stereocenters. The molecular formula is C38H32N4. The van der Waals surface area contributed by atoms with E-state index in [2.05, 4.69) is 48.5 Å². The van der Waals surface area contributed by atoms with Gasteiger partial charge in [0.05, 0.1) is 11.6 Å². The van der Waals surface area contributed by atoms with Crippen molar-refractivity contribution in [2.24, 2.45) is 17.8 Å². The van der Waals surface area contributed by atoms with Crippen molar-refractivity contribution in [1.29, 1.82) is 5.26 Å². The van der Waals surface area contributed by atoms with E-state index in [1.807, 2.05) is 60.7 Å². The molecule has 0 N–H and O–H groups in total. The minimum atomic E-state index is 0.374. The van der Waals surface area contributed by atoms with Crippen LogP contribution < -0.4 is 0 Å². The summed E-state index contributed by atoms with van der Waals surface area (Å²) in [5.41, 5.74) is 7.57. The van der Waals surface area contributed by atoms with Crippen LogP contribution in [0, 0.1) is 29.1 Å². The van der Waals surface area contributed by atoms with Gasteiger partial charge in [-0.25, -0.2) is 15.0 Å². The number of hydrogen-bond donors (Lipinski definition) is 0. The third-order valence-corrected chi connectivity index (χ3v) is 9.93. The zero-order valence-corrected chi connectivity index (χ0v) is 23.6. The van der Waals surface area contributed by atoms with E-state index < -0.39 is 0 Å². The van der Waals surface area contributed by atoms with E-state index in [4.69, 9.17) is 15.0 Å². The van der Waals surface area contributed by atoms with Crippen molar-refractivity contribution in [2.75, 3.05) is 0 Å². The third-order valence-electron chi connectivity index (χ3n) is 9.93. The molecule has 0 spiro atoms. The molecular weight excluding hydrogens is 512 g/mol. The lowest BCUT2D eigenvalue weighted by atomic mass is 9.48. The summed E-state index contributed by atoms with van der Waals surface area (Å²) >= 11 is 0. The molecule has 4 aromatic carbocycles. The summed E-state index contributed by atoms with van der Waals surface area (Å²) in [5.74, 6) is 4.80. The van der Waals surface area contributed by atoms with Gasteiger partial charge in [0.25, 0.3) is 0 Å². The van der Waals surface area contributed by atoms with E-state index in [-0.39, 0.29) is 0 Å². The van der Waals surface area contributed by atoms with Gasteiger partial charge in [0.2, 0.25) is 0 Å². The summed E-state index contributed by atoms with van der Waals surface area (Å²) in [6.45, 7) is 0. The second-order valence-corrected chi connectivity index (χ2v) is 12.7. The molecule has 4 aliphatic rings. The fourth-order valence-electron chi connectivity index (χ4n) is 8.36. The number of rotatable bonds is 5. The highest BCUT2D eigenvalue weighted by molar-refractivity contribution is 5.72. The zero-order chi connectivity index (χ0) is 28.1. The largest absolute Gasteiger partial charge is 0.208 e. The average molecular weight is 545 g/mol. The fourth-order valence-corrected chi connectivity index (χ4v) is 8.36. The summed E-state index contributed by atoms with van der Waals surface area (Å²) < 4.78 is 0. The van der Waals surface area contributed by atoms with Crippen LogP contribution in [0.15, 0.2) is 103 Å². The predicted octanol–water partition coefficient (Wildman–Crippen LogP) is 8.88. The fraction of sp³-hybridized carbons (Fsp3) is 0.263. The molecule has 4 heteroatoms. The first-order valence-electron chi connectivity index (χ1n) is 15.2. The second kappa shape index (κ2) is 10.0. The van der Waals surface area contributed by atoms with Gasteiger partial charge in [0.15, 0.2) is 17.5 Å². The Morgan fingerprint density at radius 3 is 1.62 bits per heavy atom. The maximum absolute atomic E-state index is 9.19. The Kier molecular flexibility index (Phi) is 6.00. The van der Waals surface area contributed by atoms with Crippen molar-refractivity contribution < 1.29 is 0 Å². The number of nitriles is 1. The molecule has 1 heterocycles. The standard InChI is InChI=1S/C38H32N4/c39-24-25-9-11-29(12-10-25)32-7-4-8-33(20-32)37-41-35(30-5-2-1-3-6-30)40-36(42-37)31-13-15-34(16-14-31)38-21-26-17-27(22-38)19-28(18-26)23-38/h1-16,20,26-28H,17-19,21-23H2/t26-,27-,28-,38?. The number of benzene rings is 4. The van der Waals surface area contributed by atoms with Crippen molar-refractivity contribution in [3.05, 3.63) is 114 Å². The highest BCUT2D eigenvalue weighted by atomic mass is 15.0. The van der Waals surface area contributed by atoms with Crippen molar-refractivity contribution >= 4 is 0 Å². The van der Waals surface area contributed by atoms with Gasteiger partial charge in [0.1, 0.15) is 0 Å². The van der Waals surface area contributed by atoms with Crippen LogP contribution in [0.4, 0.5) is 0 Å². The van der Waals surface area contributed by atoms with E-state index in [1.54, 1.807) is 0 Å². The van der Waals surface area contributed by atoms with Gasteiger partial charge in [0, 0.05) is 16.7 Å². The molecule has 0 amide bonds. The minimum Gasteiger partial charge on any atom is -0.208 e. The Morgan fingerprint density at radius 2 is 1.02 bits per heavy atom. The van der Waals surface area contributed by atoms with Crippen molar-refractivity contribution in [3.63, 3.8) is 0 Å². The molecule has 4 fully saturated rings. The van der Waals surface area contributed by atoms with E-state index in [0.717, 1.165) is 45.6 Å². The molecule has 42 heavy (non-hydrogen) atoms. The molecule has 5 aromatic rings. The van der Waals surface area contributed by atoms with Crippen LogP contribution in [0.25, 0.3) is 45.3 Å². The Hall–Kier alpha value is -4.62. The Labute approximate surface area is 247 Å². The first-order chi connectivity index (χ1) is 20.6. The minimum absolute atomic E-state index is 0.374. The van der Waals surface area contributed by atoms with Gasteiger partial charge in [-0.2, -0.15) is 5.26 Å². The second-order valence-electron chi connectivity index (χ2n) is 12.7. The highest BCUT2D eigenvalue weighted by Gasteiger charge is 2.51. The average Bonchev–Trinajstić information content (AvgIpc) is 3.04. The van der Waals surface area contributed by atoms with Crippen molar-refractivity contribution in [3.8, 4) is 51.4 Å². The Balaban J connectivity index is 1.18. The molecule has 0 atom stereocenters. The molecule has 4 aliphatic carbocycles. The van der Waals surface area contributed by atoms with Gasteiger partial charge in [-0.1, -0.05) is 84.9 Å². The zero-order valence-electron chi connectivity index (χ0n) is 23.6. The van der Waals surface area contributed by atoms with Crippen LogP contribution in [0.2, 0.25) is 0 Å². The Morgan fingerprint density at radius 1 is 0.524 bits per heavy atom. The lowest BCUT2D eigenvalue weighted by molar-refractivity contribution is -0.00518. The van der Waals surface area contributed by atoms with Crippen molar-refractivity contribution in [2.45, 2.75) is 43.9 Å². The summed E-state index contributed by atoms with van der Waals surface area (Å²) in [7, 11) is 0. The van der Waals surface area contributed by atoms with Crippen LogP contribution in [0.1, 0.15) is 49.7 Å². The lowest BCUT2D eigenvalue weighted by Gasteiger charge is -2.57. The van der Waals surface area contributed by atoms with Crippen LogP contribution >= 0.6 is 0 Å². The quantitative estimate of drug-likeness (QED) is 0.222. The summed E-state index contributed by atoms with van der Waals surface area (Å²) in [5, 5.41) is 9.19. The molecule has 204 valence electrons. The summed E-state index contributed by atoms with van der Waals surface area (Å²) in [4.78, 5) is 14.9. The molecule has 0 radical (unpaired) electrons. The lowest BCUT2D eigenvalue weighted by Crippen LogP contribution is -2.48. The Bertz CT molecular complexity index is 1760. The maximum Gasteiger partial charge on any atom is 0.164 e. The third kappa shape index (κ3) is 4.50. The molecule has 1 aromatic heterocycles. The van der Waals surface area contributed by atoms with Gasteiger partial charge in [-0.05, 0) is 96.6 Å². The topological polar surface area (TPSA) is 62.5 Å². The number of nitrogens with zero attached hydrogens (tertiary/aromatic N) is 4. The van der Waals surface area contributed by atoms with Crippen LogP contribution in [0.5, 0.6) is 0 Å². The number of aromatic nitrogens is 3. The van der Waals surface area contributed by atoms with Gasteiger partial charge in [-0.3, -0.25) is 0 Å². The predicted molar refractivity (Wildman–Crippen MR) is 166 cm³/mol. The first-order valence-corrected chi connectivity index (χ1v) is 15.2. The summed E-state index contributed by atoms with van der Waals surface area (Å²) in [6, 6.07) is 37.5. The summed E-state index contributed by atoms with van der Waals surface area (Å²) in [6.07, 6.45) is 8.46. The normalized spacial score (nSPS) is 23.9. The van der Waals surface area contributed by atoms with Crippen molar-refractivity contribution in [1.82, 2.24) is 15.0 Å². The van der Waals surface area contributed by atoms with Gasteiger partial charge < -0.3 is 0 Å².